The van der Waals surface area contributed by atoms with E-state index in [1.165, 1.54) is 0 Å². The Morgan fingerprint density at radius 1 is 0.462 bits per heavy atom. The highest BCUT2D eigenvalue weighted by atomic mass is 16.5. The van der Waals surface area contributed by atoms with Crippen LogP contribution in [0.1, 0.15) is 59.5 Å². The summed E-state index contributed by atoms with van der Waals surface area (Å²) < 4.78 is 22.9. The first-order valence-corrected chi connectivity index (χ1v) is 19.1. The fourth-order valence-corrected chi connectivity index (χ4v) is 8.01. The Hall–Kier alpha value is -3.34. The number of hydrogen-bond acceptors (Lipinski definition) is 14. The van der Waals surface area contributed by atoms with Crippen LogP contribution in [0.3, 0.4) is 0 Å². The van der Waals surface area contributed by atoms with Gasteiger partial charge in [-0.1, -0.05) is 0 Å². The molecule has 4 unspecified atom stereocenters. The summed E-state index contributed by atoms with van der Waals surface area (Å²) in [6.07, 6.45) is 0.211. The summed E-state index contributed by atoms with van der Waals surface area (Å²) in [6.45, 7) is 20.0. The van der Waals surface area contributed by atoms with Crippen molar-refractivity contribution in [2.75, 3.05) is 126 Å². The van der Waals surface area contributed by atoms with E-state index in [4.69, 9.17) is 18.9 Å². The largest absolute Gasteiger partial charge is 0.383 e. The van der Waals surface area contributed by atoms with Gasteiger partial charge in [0.25, 0.3) is 0 Å². The van der Waals surface area contributed by atoms with E-state index in [0.29, 0.717) is 97.6 Å². The first-order valence-electron chi connectivity index (χ1n) is 19.1. The van der Waals surface area contributed by atoms with Gasteiger partial charge in [-0.2, -0.15) is 0 Å². The predicted molar refractivity (Wildman–Crippen MR) is 202 cm³/mol. The molecule has 1 aliphatic carbocycles. The molecule has 4 fully saturated rings. The SMILES string of the molecule is CC1OCCN1CCNc1ccc(NCCN2CCOC2C)c2c1C(=O)c1c(NCCN3CCOC3C)ccc(NCCN3CCOC3C)c1C2=O. The number of benzene rings is 2. The maximum atomic E-state index is 15.0. The Labute approximate surface area is 307 Å². The van der Waals surface area contributed by atoms with Crippen LogP contribution in [0.25, 0.3) is 0 Å². The van der Waals surface area contributed by atoms with E-state index >= 15 is 0 Å². The van der Waals surface area contributed by atoms with Crippen molar-refractivity contribution in [1.29, 1.82) is 0 Å². The Balaban J connectivity index is 1.20. The Kier molecular flexibility index (Phi) is 11.9. The zero-order chi connectivity index (χ0) is 36.2. The number of hydrogen-bond donors (Lipinski definition) is 4. The lowest BCUT2D eigenvalue weighted by atomic mass is 9.80. The number of fused-ring (bicyclic) bond motifs is 2. The number of carbonyl (C=O) groups excluding carboxylic acids is 2. The van der Waals surface area contributed by atoms with Crippen LogP contribution in [0, 0.1) is 0 Å². The molecule has 52 heavy (non-hydrogen) atoms. The average molecular weight is 721 g/mol. The van der Waals surface area contributed by atoms with Crippen molar-refractivity contribution in [1.82, 2.24) is 19.6 Å². The van der Waals surface area contributed by atoms with Gasteiger partial charge in [-0.3, -0.25) is 29.2 Å². The first-order chi connectivity index (χ1) is 25.3. The van der Waals surface area contributed by atoms with Gasteiger partial charge >= 0.3 is 0 Å². The van der Waals surface area contributed by atoms with Gasteiger partial charge in [0.05, 0.1) is 48.7 Å². The fraction of sp³-hybridized carbons (Fsp3) is 0.632. The van der Waals surface area contributed by atoms with Crippen LogP contribution in [-0.2, 0) is 18.9 Å². The lowest BCUT2D eigenvalue weighted by molar-refractivity contribution is 0.0516. The van der Waals surface area contributed by atoms with E-state index in [-0.39, 0.29) is 36.5 Å². The minimum atomic E-state index is -0.166. The summed E-state index contributed by atoms with van der Waals surface area (Å²) in [5.74, 6) is -0.332. The van der Waals surface area contributed by atoms with Crippen molar-refractivity contribution in [2.45, 2.75) is 52.6 Å². The Morgan fingerprint density at radius 3 is 0.885 bits per heavy atom. The minimum absolute atomic E-state index is 0.0528. The first kappa shape index (κ1) is 37.0. The molecule has 4 N–H and O–H groups in total. The van der Waals surface area contributed by atoms with E-state index in [2.05, 4.69) is 68.6 Å². The van der Waals surface area contributed by atoms with Gasteiger partial charge < -0.3 is 40.2 Å². The lowest BCUT2D eigenvalue weighted by Crippen LogP contribution is -2.34. The molecule has 7 rings (SSSR count). The van der Waals surface area contributed by atoms with Gasteiger partial charge in [-0.15, -0.1) is 0 Å². The summed E-state index contributed by atoms with van der Waals surface area (Å²) in [4.78, 5) is 39.1. The average Bonchev–Trinajstić information content (AvgIpc) is 3.95. The van der Waals surface area contributed by atoms with Crippen molar-refractivity contribution in [3.8, 4) is 0 Å². The molecular weight excluding hydrogens is 664 g/mol. The van der Waals surface area contributed by atoms with Crippen molar-refractivity contribution < 1.29 is 28.5 Å². The molecule has 0 spiro atoms. The molecule has 2 aromatic rings. The molecule has 0 bridgehead atoms. The predicted octanol–water partition coefficient (Wildman–Crippen LogP) is 2.82. The van der Waals surface area contributed by atoms with Crippen molar-refractivity contribution in [3.63, 3.8) is 0 Å². The number of nitrogens with zero attached hydrogens (tertiary/aromatic N) is 4. The summed E-state index contributed by atoms with van der Waals surface area (Å²) >= 11 is 0. The molecule has 4 heterocycles. The maximum Gasteiger partial charge on any atom is 0.198 e. The standard InChI is InChI=1S/C38H56N8O6/c1-25-43(17-21-49-25)13-9-39-29-5-6-30(40-10-14-44-18-22-50-26(44)2)34-33(29)37(47)35-31(41-11-15-45-19-23-51-27(45)3)7-8-32(36(35)38(34)48)42-12-16-46-20-24-52-28(46)4/h5-8,25-28,39-42H,9-24H2,1-4H3. The number of ether oxygens (including phenoxy) is 4. The van der Waals surface area contributed by atoms with E-state index in [0.717, 1.165) is 52.4 Å². The maximum absolute atomic E-state index is 15.0. The number of ketones is 2. The molecule has 14 nitrogen and oxygen atoms in total. The van der Waals surface area contributed by atoms with Crippen molar-refractivity contribution >= 4 is 34.3 Å². The molecule has 4 saturated heterocycles. The molecule has 0 amide bonds. The van der Waals surface area contributed by atoms with Crippen LogP contribution in [0.15, 0.2) is 24.3 Å². The summed E-state index contributed by atoms with van der Waals surface area (Å²) in [5.41, 5.74) is 4.30. The summed E-state index contributed by atoms with van der Waals surface area (Å²) in [5, 5.41) is 14.1. The number of carbonyl (C=O) groups is 2. The molecule has 0 saturated carbocycles. The molecule has 284 valence electrons. The second-order valence-electron chi connectivity index (χ2n) is 14.2. The molecular formula is C38H56N8O6. The Bertz CT molecular complexity index is 1370. The summed E-state index contributed by atoms with van der Waals surface area (Å²) in [6, 6.07) is 7.75. The zero-order valence-electron chi connectivity index (χ0n) is 31.2. The molecule has 0 radical (unpaired) electrons. The van der Waals surface area contributed by atoms with E-state index in [1.807, 2.05) is 24.3 Å². The van der Waals surface area contributed by atoms with Crippen molar-refractivity contribution in [2.24, 2.45) is 0 Å². The smallest absolute Gasteiger partial charge is 0.198 e. The van der Waals surface area contributed by atoms with Crippen LogP contribution >= 0.6 is 0 Å². The van der Waals surface area contributed by atoms with Gasteiger partial charge in [-0.05, 0) is 52.0 Å². The fourth-order valence-electron chi connectivity index (χ4n) is 8.01. The quantitative estimate of drug-likeness (QED) is 0.173. The monoisotopic (exact) mass is 720 g/mol. The van der Waals surface area contributed by atoms with Gasteiger partial charge in [0.1, 0.15) is 24.9 Å². The highest BCUT2D eigenvalue weighted by molar-refractivity contribution is 6.35. The van der Waals surface area contributed by atoms with Crippen LogP contribution < -0.4 is 21.3 Å². The third-order valence-corrected chi connectivity index (χ3v) is 11.2. The topological polar surface area (TPSA) is 132 Å². The normalized spacial score (nSPS) is 25.5. The van der Waals surface area contributed by atoms with Crippen LogP contribution in [0.2, 0.25) is 0 Å². The molecule has 4 atom stereocenters. The van der Waals surface area contributed by atoms with E-state index in [1.54, 1.807) is 0 Å². The second kappa shape index (κ2) is 16.8. The highest BCUT2D eigenvalue weighted by Crippen LogP contribution is 2.42. The number of rotatable bonds is 16. The van der Waals surface area contributed by atoms with Gasteiger partial charge in [-0.25, -0.2) is 0 Å². The third-order valence-electron chi connectivity index (χ3n) is 11.2. The summed E-state index contributed by atoms with van der Waals surface area (Å²) in [7, 11) is 0. The zero-order valence-corrected chi connectivity index (χ0v) is 31.2. The molecule has 0 aromatic heterocycles. The number of nitrogens with one attached hydrogen (secondary N) is 4. The molecule has 5 aliphatic rings. The molecule has 4 aliphatic heterocycles. The van der Waals surface area contributed by atoms with Crippen LogP contribution in [0.5, 0.6) is 0 Å². The minimum Gasteiger partial charge on any atom is -0.383 e. The van der Waals surface area contributed by atoms with E-state index < -0.39 is 0 Å². The second-order valence-corrected chi connectivity index (χ2v) is 14.2. The van der Waals surface area contributed by atoms with E-state index in [9.17, 15) is 9.59 Å². The van der Waals surface area contributed by atoms with Gasteiger partial charge in [0.15, 0.2) is 11.6 Å². The van der Waals surface area contributed by atoms with Crippen LogP contribution in [-0.4, -0.2) is 161 Å². The number of anilines is 4. The van der Waals surface area contributed by atoms with Gasteiger partial charge in [0.2, 0.25) is 0 Å². The van der Waals surface area contributed by atoms with Crippen LogP contribution in [0.4, 0.5) is 22.7 Å². The lowest BCUT2D eigenvalue weighted by Gasteiger charge is -2.29. The third kappa shape index (κ3) is 7.94. The van der Waals surface area contributed by atoms with Crippen molar-refractivity contribution in [3.05, 3.63) is 46.5 Å². The highest BCUT2D eigenvalue weighted by Gasteiger charge is 2.38. The van der Waals surface area contributed by atoms with Gasteiger partial charge in [0, 0.05) is 101 Å². The Morgan fingerprint density at radius 2 is 0.692 bits per heavy atom. The molecule has 2 aromatic carbocycles. The molecule has 14 heteroatoms.